The summed E-state index contributed by atoms with van der Waals surface area (Å²) in [5.41, 5.74) is 1.64. The van der Waals surface area contributed by atoms with Crippen molar-refractivity contribution in [2.45, 2.75) is 76.4 Å². The number of methoxy groups -OCH3 is 2. The molecule has 1 aliphatic rings. The molecule has 2 amide bonds. The number of likely N-dealkylation sites (tertiary alicyclic amines) is 1. The van der Waals surface area contributed by atoms with E-state index in [1.807, 2.05) is 51.1 Å². The van der Waals surface area contributed by atoms with Crippen molar-refractivity contribution in [3.63, 3.8) is 0 Å². The zero-order valence-corrected chi connectivity index (χ0v) is 45.0. The number of pyridine rings is 1. The molecule has 7 aromatic rings. The normalized spacial score (nSPS) is 13.0. The number of piperidine rings is 1. The van der Waals surface area contributed by atoms with Crippen molar-refractivity contribution >= 4 is 38.9 Å². The van der Waals surface area contributed by atoms with E-state index in [4.69, 9.17) is 23.7 Å². The number of halogens is 3. The lowest BCUT2D eigenvalue weighted by Crippen LogP contribution is -2.42. The van der Waals surface area contributed by atoms with Gasteiger partial charge in [-0.15, -0.1) is 0 Å². The van der Waals surface area contributed by atoms with Gasteiger partial charge in [-0.1, -0.05) is 48.5 Å². The number of anilines is 1. The number of amides is 2. The van der Waals surface area contributed by atoms with Gasteiger partial charge in [0.25, 0.3) is 10.0 Å². The minimum Gasteiger partial charge on any atom is -0.497 e. The van der Waals surface area contributed by atoms with Crippen LogP contribution in [0, 0.1) is 17.2 Å². The van der Waals surface area contributed by atoms with Crippen molar-refractivity contribution in [3.05, 3.63) is 162 Å². The SMILES string of the molecule is COc1ccc(CN(c2ncns2)S(=O)(=O)c2ccc(Oc3ccc(-c4cccc(C(F)(F)F)c4)cc3-c3ccnc(CN(CCC4CCN(C(=O)OC(C)(C)C)CC4)C(=O)OCc4ccccc4)c3)c(C#N)c2)c(OC)c1. The largest absolute Gasteiger partial charge is 0.497 e. The minimum atomic E-state index is -4.61. The molecule has 1 aliphatic heterocycles. The average Bonchev–Trinajstić information content (AvgIpc) is 3.99. The smallest absolute Gasteiger partial charge is 0.416 e. The second kappa shape index (κ2) is 24.4. The van der Waals surface area contributed by atoms with Crippen LogP contribution in [0.2, 0.25) is 0 Å². The van der Waals surface area contributed by atoms with E-state index in [-0.39, 0.29) is 64.4 Å². The van der Waals surface area contributed by atoms with E-state index in [2.05, 4.69) is 20.4 Å². The molecule has 0 N–H and O–H groups in total. The molecular formula is C57H56F3N7O9S2. The predicted octanol–water partition coefficient (Wildman–Crippen LogP) is 12.5. The first-order valence-corrected chi connectivity index (χ1v) is 27.0. The van der Waals surface area contributed by atoms with E-state index in [0.717, 1.165) is 33.5 Å². The van der Waals surface area contributed by atoms with Gasteiger partial charge in [0.1, 0.15) is 47.6 Å². The summed E-state index contributed by atoms with van der Waals surface area (Å²) in [6, 6.07) is 33.2. The van der Waals surface area contributed by atoms with E-state index in [1.165, 1.54) is 51.0 Å². The molecule has 3 heterocycles. The molecule has 0 radical (unpaired) electrons. The zero-order valence-electron chi connectivity index (χ0n) is 43.4. The van der Waals surface area contributed by atoms with Crippen molar-refractivity contribution in [1.82, 2.24) is 24.1 Å². The lowest BCUT2D eigenvalue weighted by molar-refractivity contribution is -0.137. The van der Waals surface area contributed by atoms with Crippen molar-refractivity contribution < 1.29 is 54.9 Å². The lowest BCUT2D eigenvalue weighted by atomic mass is 9.93. The number of ether oxygens (including phenoxy) is 5. The Labute approximate surface area is 454 Å². The number of benzene rings is 5. The summed E-state index contributed by atoms with van der Waals surface area (Å²) >= 11 is 0.856. The minimum absolute atomic E-state index is 0.00948. The highest BCUT2D eigenvalue weighted by Crippen LogP contribution is 2.41. The van der Waals surface area contributed by atoms with Gasteiger partial charge >= 0.3 is 18.4 Å². The first kappa shape index (κ1) is 56.0. The molecule has 1 fully saturated rings. The fourth-order valence-electron chi connectivity index (χ4n) is 8.70. The molecule has 5 aromatic carbocycles. The fourth-order valence-corrected chi connectivity index (χ4v) is 10.9. The van der Waals surface area contributed by atoms with E-state index in [1.54, 1.807) is 64.4 Å². The van der Waals surface area contributed by atoms with Gasteiger partial charge in [0.2, 0.25) is 5.13 Å². The van der Waals surface area contributed by atoms with Crippen LogP contribution in [0.4, 0.5) is 27.9 Å². The Bertz CT molecular complexity index is 3380. The number of aromatic nitrogens is 3. The highest BCUT2D eigenvalue weighted by atomic mass is 32.2. The first-order chi connectivity index (χ1) is 37.3. The number of rotatable bonds is 18. The number of hydrogen-bond acceptors (Lipinski definition) is 14. The molecule has 2 aromatic heterocycles. The predicted molar refractivity (Wildman–Crippen MR) is 286 cm³/mol. The molecule has 0 bridgehead atoms. The van der Waals surface area contributed by atoms with Crippen LogP contribution >= 0.6 is 11.5 Å². The Kier molecular flexibility index (Phi) is 17.5. The van der Waals surface area contributed by atoms with Crippen molar-refractivity contribution in [1.29, 1.82) is 5.26 Å². The fraction of sp³-hybridized carbons (Fsp3) is 0.298. The van der Waals surface area contributed by atoms with Gasteiger partial charge in [0, 0.05) is 54.6 Å². The second-order valence-electron chi connectivity index (χ2n) is 19.3. The maximum Gasteiger partial charge on any atom is 0.416 e. The van der Waals surface area contributed by atoms with E-state index < -0.39 is 33.5 Å². The highest BCUT2D eigenvalue weighted by Gasteiger charge is 2.33. The van der Waals surface area contributed by atoms with Crippen LogP contribution in [0.5, 0.6) is 23.0 Å². The number of carbonyl (C=O) groups excluding carboxylic acids is 2. The average molecular weight is 1100 g/mol. The molecule has 406 valence electrons. The first-order valence-electron chi connectivity index (χ1n) is 24.7. The van der Waals surface area contributed by atoms with Gasteiger partial charge in [-0.2, -0.15) is 22.8 Å². The van der Waals surface area contributed by atoms with Gasteiger partial charge in [-0.05, 0) is 135 Å². The monoisotopic (exact) mass is 1100 g/mol. The number of sulfonamides is 1. The van der Waals surface area contributed by atoms with Gasteiger partial charge < -0.3 is 33.5 Å². The molecule has 78 heavy (non-hydrogen) atoms. The van der Waals surface area contributed by atoms with Crippen LogP contribution in [0.1, 0.15) is 68.0 Å². The maximum atomic E-state index is 14.6. The molecule has 0 aliphatic carbocycles. The maximum absolute atomic E-state index is 14.6. The third-order valence-electron chi connectivity index (χ3n) is 12.8. The zero-order chi connectivity index (χ0) is 55.6. The van der Waals surface area contributed by atoms with Gasteiger partial charge in [0.15, 0.2) is 0 Å². The molecule has 8 rings (SSSR count). The molecule has 1 saturated heterocycles. The Morgan fingerprint density at radius 1 is 0.808 bits per heavy atom. The van der Waals surface area contributed by atoms with Gasteiger partial charge in [0.05, 0.1) is 49.0 Å². The summed E-state index contributed by atoms with van der Waals surface area (Å²) < 4.78 is 105. The van der Waals surface area contributed by atoms with Gasteiger partial charge in [-0.25, -0.2) is 27.3 Å². The quantitative estimate of drug-likeness (QED) is 0.0791. The van der Waals surface area contributed by atoms with Crippen LogP contribution < -0.4 is 18.5 Å². The number of hydrogen-bond donors (Lipinski definition) is 0. The summed E-state index contributed by atoms with van der Waals surface area (Å²) in [5, 5.41) is 10.6. The van der Waals surface area contributed by atoms with Crippen LogP contribution in [0.25, 0.3) is 22.3 Å². The van der Waals surface area contributed by atoms with Crippen LogP contribution in [0.15, 0.2) is 139 Å². The number of alkyl halides is 3. The Hall–Kier alpha value is -8.22. The Balaban J connectivity index is 1.11. The van der Waals surface area contributed by atoms with Crippen molar-refractivity contribution in [2.24, 2.45) is 5.92 Å². The van der Waals surface area contributed by atoms with Crippen molar-refractivity contribution in [3.8, 4) is 51.3 Å². The summed E-state index contributed by atoms with van der Waals surface area (Å²) in [4.78, 5) is 38.6. The van der Waals surface area contributed by atoms with Crippen LogP contribution in [-0.2, 0) is 45.4 Å². The molecule has 0 saturated carbocycles. The third kappa shape index (κ3) is 14.0. The topological polar surface area (TPSA) is 187 Å². The molecular weight excluding hydrogens is 1050 g/mol. The second-order valence-corrected chi connectivity index (χ2v) is 21.9. The van der Waals surface area contributed by atoms with Gasteiger partial charge in [-0.3, -0.25) is 4.98 Å². The number of nitriles is 1. The molecule has 0 unspecified atom stereocenters. The van der Waals surface area contributed by atoms with E-state index in [0.29, 0.717) is 78.3 Å². The van der Waals surface area contributed by atoms with Crippen molar-refractivity contribution in [2.75, 3.05) is 38.2 Å². The molecule has 21 heteroatoms. The summed E-state index contributed by atoms with van der Waals surface area (Å²) in [6.45, 7) is 6.61. The number of carbonyl (C=O) groups is 2. The molecule has 0 spiro atoms. The Morgan fingerprint density at radius 3 is 2.26 bits per heavy atom. The molecule has 0 atom stereocenters. The summed E-state index contributed by atoms with van der Waals surface area (Å²) in [6.07, 6.45) is -0.758. The standard InChI is InChI=1S/C57H56F3N7O9S2/c1-56(2,3)76-55(69)65-25-21-38(22-26-65)23-27-66(54(68)74-36-39-10-7-6-8-11-39)35-46-29-42(20-24-62-46)49-31-41(40-12-9-13-45(28-40)57(58,59)60)15-18-51(49)75-50-19-17-48(30-44(50)33-61)78(70,71)67(53-63-37-64-77-53)34-43-14-16-47(72-4)32-52(43)73-5/h6-20,24,28-32,37-38H,21-23,25-27,34-36H2,1-5H3. The van der Waals surface area contributed by atoms with E-state index >= 15 is 0 Å². The number of nitrogens with zero attached hydrogens (tertiary/aromatic N) is 7. The highest BCUT2D eigenvalue weighted by molar-refractivity contribution is 7.93. The van der Waals surface area contributed by atoms with Crippen LogP contribution in [0.3, 0.4) is 0 Å². The third-order valence-corrected chi connectivity index (χ3v) is 15.3. The van der Waals surface area contributed by atoms with E-state index in [9.17, 15) is 36.4 Å². The molecule has 16 nitrogen and oxygen atoms in total. The Morgan fingerprint density at radius 2 is 1.56 bits per heavy atom. The summed E-state index contributed by atoms with van der Waals surface area (Å²) in [5.74, 6) is 1.18. The lowest BCUT2D eigenvalue weighted by Gasteiger charge is -2.34. The van der Waals surface area contributed by atoms with Crippen LogP contribution in [-0.4, -0.2) is 84.2 Å². The summed E-state index contributed by atoms with van der Waals surface area (Å²) in [7, 11) is -1.50.